The number of carbonyl (C=O) groups is 1. The lowest BCUT2D eigenvalue weighted by atomic mass is 10.2. The van der Waals surface area contributed by atoms with Crippen LogP contribution in [0.1, 0.15) is 25.2 Å². The second kappa shape index (κ2) is 9.45. The Hall–Kier alpha value is -3.33. The maximum Gasteiger partial charge on any atom is 0.269 e. The van der Waals surface area contributed by atoms with E-state index < -0.39 is 0 Å². The molecule has 0 atom stereocenters. The highest BCUT2D eigenvalue weighted by Crippen LogP contribution is 2.21. The second-order valence-electron chi connectivity index (χ2n) is 6.82. The van der Waals surface area contributed by atoms with Crippen molar-refractivity contribution in [1.82, 2.24) is 25.0 Å². The summed E-state index contributed by atoms with van der Waals surface area (Å²) in [6, 6.07) is 11.2. The third kappa shape index (κ3) is 4.80. The number of nitrogens with one attached hydrogen (secondary N) is 1. The van der Waals surface area contributed by atoms with Gasteiger partial charge >= 0.3 is 0 Å². The van der Waals surface area contributed by atoms with Gasteiger partial charge in [0.25, 0.3) is 5.56 Å². The van der Waals surface area contributed by atoms with E-state index in [0.717, 1.165) is 24.1 Å². The Morgan fingerprint density at radius 3 is 2.90 bits per heavy atom. The molecule has 30 heavy (non-hydrogen) atoms. The number of unbranched alkanes of at least 4 members (excludes halogenated alkanes) is 2. The van der Waals surface area contributed by atoms with Crippen molar-refractivity contribution in [3.63, 3.8) is 0 Å². The average Bonchev–Trinajstić information content (AvgIpc) is 3.44. The topological polar surface area (TPSA) is 103 Å². The van der Waals surface area contributed by atoms with Crippen LogP contribution in [0, 0.1) is 0 Å². The number of fused-ring (bicyclic) bond motifs is 1. The zero-order valence-electron chi connectivity index (χ0n) is 16.3. The lowest BCUT2D eigenvalue weighted by Crippen LogP contribution is -2.33. The van der Waals surface area contributed by atoms with E-state index in [-0.39, 0.29) is 18.0 Å². The molecule has 0 aliphatic rings. The summed E-state index contributed by atoms with van der Waals surface area (Å²) in [6.45, 7) is 0.538. The molecule has 1 aromatic carbocycles. The van der Waals surface area contributed by atoms with Crippen LogP contribution in [0.15, 0.2) is 57.3 Å². The van der Waals surface area contributed by atoms with Crippen molar-refractivity contribution in [1.29, 1.82) is 0 Å². The van der Waals surface area contributed by atoms with E-state index in [1.54, 1.807) is 17.4 Å². The molecular weight excluding hydrogens is 402 g/mol. The minimum absolute atomic E-state index is 0.0185. The third-order valence-corrected chi connectivity index (χ3v) is 5.52. The Morgan fingerprint density at radius 2 is 2.03 bits per heavy atom. The number of rotatable bonds is 9. The number of nitrogens with zero attached hydrogens (tertiary/aromatic N) is 4. The van der Waals surface area contributed by atoms with Crippen LogP contribution in [0.3, 0.4) is 0 Å². The Kier molecular flexibility index (Phi) is 6.29. The molecular formula is C21H21N5O3S. The summed E-state index contributed by atoms with van der Waals surface area (Å²) >= 11 is 1.58. The Bertz CT molecular complexity index is 1180. The molecule has 0 aliphatic heterocycles. The molecule has 8 nitrogen and oxygen atoms in total. The fourth-order valence-corrected chi connectivity index (χ4v) is 3.79. The molecule has 0 unspecified atom stereocenters. The normalized spacial score (nSPS) is 11.1. The number of para-hydroxylation sites is 2. The smallest absolute Gasteiger partial charge is 0.269 e. The number of amides is 1. The molecule has 4 aromatic rings. The van der Waals surface area contributed by atoms with E-state index in [4.69, 9.17) is 4.52 Å². The number of aryl methyl sites for hydroxylation is 1. The van der Waals surface area contributed by atoms with Crippen LogP contribution in [0.4, 0.5) is 0 Å². The van der Waals surface area contributed by atoms with Gasteiger partial charge in [-0.05, 0) is 36.4 Å². The maximum absolute atomic E-state index is 12.3. The summed E-state index contributed by atoms with van der Waals surface area (Å²) in [5, 5.41) is 8.86. The average molecular weight is 423 g/mol. The molecule has 1 amide bonds. The SMILES string of the molecule is O=C(Cn1c(=O)cnc2ccccc21)NCCCCCc1nc(-c2cccs2)no1. The van der Waals surface area contributed by atoms with Gasteiger partial charge in [0, 0.05) is 13.0 Å². The summed E-state index contributed by atoms with van der Waals surface area (Å²) in [5.74, 6) is 1.07. The zero-order chi connectivity index (χ0) is 20.8. The van der Waals surface area contributed by atoms with Gasteiger partial charge in [0.1, 0.15) is 6.54 Å². The predicted octanol–water partition coefficient (Wildman–Crippen LogP) is 3.04. The zero-order valence-corrected chi connectivity index (χ0v) is 17.1. The van der Waals surface area contributed by atoms with Crippen LogP contribution < -0.4 is 10.9 Å². The van der Waals surface area contributed by atoms with Crippen LogP contribution in [0.5, 0.6) is 0 Å². The van der Waals surface area contributed by atoms with Crippen LogP contribution >= 0.6 is 11.3 Å². The fourth-order valence-electron chi connectivity index (χ4n) is 3.15. The van der Waals surface area contributed by atoms with Gasteiger partial charge in [-0.1, -0.05) is 29.8 Å². The second-order valence-corrected chi connectivity index (χ2v) is 7.77. The van der Waals surface area contributed by atoms with Crippen LogP contribution in [0.2, 0.25) is 0 Å². The number of hydrogen-bond acceptors (Lipinski definition) is 7. The molecule has 0 saturated heterocycles. The Morgan fingerprint density at radius 1 is 1.13 bits per heavy atom. The third-order valence-electron chi connectivity index (χ3n) is 4.65. The van der Waals surface area contributed by atoms with E-state index >= 15 is 0 Å². The minimum Gasteiger partial charge on any atom is -0.355 e. The van der Waals surface area contributed by atoms with Crippen molar-refractivity contribution in [3.8, 4) is 10.7 Å². The summed E-state index contributed by atoms with van der Waals surface area (Å²) in [6.07, 6.45) is 4.62. The van der Waals surface area contributed by atoms with Gasteiger partial charge < -0.3 is 9.84 Å². The number of hydrogen-bond donors (Lipinski definition) is 1. The summed E-state index contributed by atoms with van der Waals surface area (Å²) in [7, 11) is 0. The number of thiophene rings is 1. The Labute approximate surface area is 176 Å². The highest BCUT2D eigenvalue weighted by Gasteiger charge is 2.10. The summed E-state index contributed by atoms with van der Waals surface area (Å²) in [4.78, 5) is 33.9. The summed E-state index contributed by atoms with van der Waals surface area (Å²) in [5.41, 5.74) is 1.06. The van der Waals surface area contributed by atoms with Gasteiger partial charge in [-0.3, -0.25) is 14.2 Å². The lowest BCUT2D eigenvalue weighted by molar-refractivity contribution is -0.121. The van der Waals surface area contributed by atoms with Crippen LogP contribution in [0.25, 0.3) is 21.7 Å². The minimum atomic E-state index is -0.287. The molecule has 3 heterocycles. The molecule has 0 fully saturated rings. The lowest BCUT2D eigenvalue weighted by Gasteiger charge is -2.10. The number of carbonyl (C=O) groups excluding carboxylic acids is 1. The van der Waals surface area contributed by atoms with Gasteiger partial charge in [0.2, 0.25) is 17.6 Å². The van der Waals surface area contributed by atoms with Crippen molar-refractivity contribution in [2.24, 2.45) is 0 Å². The van der Waals surface area contributed by atoms with Crippen LogP contribution in [-0.2, 0) is 17.8 Å². The monoisotopic (exact) mass is 423 g/mol. The first-order chi connectivity index (χ1) is 14.7. The van der Waals surface area contributed by atoms with E-state index in [1.807, 2.05) is 35.7 Å². The van der Waals surface area contributed by atoms with Gasteiger partial charge in [-0.2, -0.15) is 4.98 Å². The van der Waals surface area contributed by atoms with Gasteiger partial charge in [-0.25, -0.2) is 4.98 Å². The Balaban J connectivity index is 1.19. The number of aromatic nitrogens is 4. The first-order valence-electron chi connectivity index (χ1n) is 9.78. The van der Waals surface area contributed by atoms with E-state index in [2.05, 4.69) is 20.4 Å². The highest BCUT2D eigenvalue weighted by molar-refractivity contribution is 7.13. The van der Waals surface area contributed by atoms with Crippen molar-refractivity contribution in [2.45, 2.75) is 32.2 Å². The van der Waals surface area contributed by atoms with Gasteiger partial charge in [0.05, 0.1) is 22.1 Å². The first-order valence-corrected chi connectivity index (χ1v) is 10.7. The molecule has 0 bridgehead atoms. The number of benzene rings is 1. The van der Waals surface area contributed by atoms with Crippen molar-refractivity contribution < 1.29 is 9.32 Å². The summed E-state index contributed by atoms with van der Waals surface area (Å²) < 4.78 is 6.73. The molecule has 154 valence electrons. The highest BCUT2D eigenvalue weighted by atomic mass is 32.1. The molecule has 9 heteroatoms. The molecule has 1 N–H and O–H groups in total. The van der Waals surface area contributed by atoms with E-state index in [0.29, 0.717) is 35.7 Å². The van der Waals surface area contributed by atoms with Crippen molar-refractivity contribution >= 4 is 28.3 Å². The quantitative estimate of drug-likeness (QED) is 0.415. The molecule has 0 saturated carbocycles. The van der Waals surface area contributed by atoms with Gasteiger partial charge in [0.15, 0.2) is 0 Å². The molecule has 3 aromatic heterocycles. The standard InChI is InChI=1S/C21H21N5O3S/c27-18(14-26-16-8-4-3-7-15(16)23-13-20(26)28)22-11-5-1-2-10-19-24-21(25-29-19)17-9-6-12-30-17/h3-4,6-9,12-13H,1-2,5,10-11,14H2,(H,22,27). The maximum atomic E-state index is 12.3. The largest absolute Gasteiger partial charge is 0.355 e. The first kappa shape index (κ1) is 20.0. The van der Waals surface area contributed by atoms with E-state index in [1.165, 1.54) is 10.8 Å². The van der Waals surface area contributed by atoms with E-state index in [9.17, 15) is 9.59 Å². The van der Waals surface area contributed by atoms with Crippen LogP contribution in [-0.4, -0.2) is 32.1 Å². The van der Waals surface area contributed by atoms with Gasteiger partial charge in [-0.15, -0.1) is 11.3 Å². The van der Waals surface area contributed by atoms with Crippen molar-refractivity contribution in [3.05, 3.63) is 64.2 Å². The molecule has 4 rings (SSSR count). The van der Waals surface area contributed by atoms with Crippen molar-refractivity contribution in [2.75, 3.05) is 6.54 Å². The fraction of sp³-hybridized carbons (Fsp3) is 0.286. The molecule has 0 spiro atoms. The molecule has 0 aliphatic carbocycles. The molecule has 0 radical (unpaired) electrons. The predicted molar refractivity (Wildman–Crippen MR) is 114 cm³/mol.